The summed E-state index contributed by atoms with van der Waals surface area (Å²) in [5.74, 6) is 0. The zero-order chi connectivity index (χ0) is 15.3. The second kappa shape index (κ2) is 7.39. The van der Waals surface area contributed by atoms with Crippen LogP contribution in [0.5, 0.6) is 0 Å². The van der Waals surface area contributed by atoms with Gasteiger partial charge >= 0.3 is 0 Å². The summed E-state index contributed by atoms with van der Waals surface area (Å²) in [6.07, 6.45) is 2.91. The lowest BCUT2D eigenvalue weighted by atomic mass is 9.93. The molecule has 0 spiro atoms. The minimum absolute atomic E-state index is 0.429. The van der Waals surface area contributed by atoms with Crippen LogP contribution in [0.2, 0.25) is 0 Å². The van der Waals surface area contributed by atoms with Crippen molar-refractivity contribution in [1.29, 1.82) is 0 Å². The maximum absolute atomic E-state index is 10.0. The molecule has 3 heteroatoms. The van der Waals surface area contributed by atoms with E-state index >= 15 is 0 Å². The van der Waals surface area contributed by atoms with Crippen molar-refractivity contribution in [3.8, 4) is 0 Å². The molecule has 118 valence electrons. The molecule has 1 unspecified atom stereocenters. The van der Waals surface area contributed by atoms with Gasteiger partial charge in [-0.1, -0.05) is 36.8 Å². The van der Waals surface area contributed by atoms with Gasteiger partial charge in [0.05, 0.1) is 5.60 Å². The third-order valence-corrected chi connectivity index (χ3v) is 4.60. The first-order valence-electron chi connectivity index (χ1n) is 8.25. The van der Waals surface area contributed by atoms with Gasteiger partial charge in [0.1, 0.15) is 0 Å². The number of aryl methyl sites for hydroxylation is 1. The van der Waals surface area contributed by atoms with E-state index in [1.54, 1.807) is 0 Å². The Kier molecular flexibility index (Phi) is 5.80. The topological polar surface area (TPSA) is 35.5 Å². The average molecular weight is 290 g/mol. The summed E-state index contributed by atoms with van der Waals surface area (Å²) in [5.41, 5.74) is 2.24. The number of nitrogens with zero attached hydrogens (tertiary/aromatic N) is 1. The van der Waals surface area contributed by atoms with Crippen LogP contribution in [-0.2, 0) is 0 Å². The zero-order valence-corrected chi connectivity index (χ0v) is 13.7. The molecule has 1 atom stereocenters. The van der Waals surface area contributed by atoms with Gasteiger partial charge in [0.25, 0.3) is 0 Å². The molecule has 21 heavy (non-hydrogen) atoms. The maximum Gasteiger partial charge on any atom is 0.0644 e. The number of rotatable bonds is 6. The number of hydrogen-bond donors (Lipinski definition) is 2. The van der Waals surface area contributed by atoms with E-state index < -0.39 is 5.60 Å². The van der Waals surface area contributed by atoms with Crippen molar-refractivity contribution in [1.82, 2.24) is 10.2 Å². The first-order valence-corrected chi connectivity index (χ1v) is 8.25. The molecule has 0 radical (unpaired) electrons. The standard InChI is InChI=1S/C18H30N2O/c1-4-19-17(16-7-5-15(2)6-8-16)9-12-20-13-10-18(3,21)11-14-20/h5-8,17,19,21H,4,9-14H2,1-3H3. The van der Waals surface area contributed by atoms with Gasteiger partial charge in [0.2, 0.25) is 0 Å². The summed E-state index contributed by atoms with van der Waals surface area (Å²) in [7, 11) is 0. The quantitative estimate of drug-likeness (QED) is 0.845. The molecule has 2 N–H and O–H groups in total. The van der Waals surface area contributed by atoms with Crippen molar-refractivity contribution < 1.29 is 5.11 Å². The van der Waals surface area contributed by atoms with Gasteiger partial charge in [-0.3, -0.25) is 0 Å². The Morgan fingerprint density at radius 2 is 1.86 bits per heavy atom. The van der Waals surface area contributed by atoms with Gasteiger partial charge in [0, 0.05) is 19.1 Å². The third-order valence-electron chi connectivity index (χ3n) is 4.60. The first kappa shape index (κ1) is 16.5. The van der Waals surface area contributed by atoms with E-state index in [0.717, 1.165) is 45.4 Å². The summed E-state index contributed by atoms with van der Waals surface area (Å²) in [6, 6.07) is 9.29. The molecule has 1 heterocycles. The molecule has 1 saturated heterocycles. The second-order valence-corrected chi connectivity index (χ2v) is 6.65. The SMILES string of the molecule is CCNC(CCN1CCC(C)(O)CC1)c1ccc(C)cc1. The maximum atomic E-state index is 10.0. The zero-order valence-electron chi connectivity index (χ0n) is 13.7. The molecule has 0 aromatic heterocycles. The normalized spacial score (nSPS) is 20.4. The smallest absolute Gasteiger partial charge is 0.0644 e. The Balaban J connectivity index is 1.87. The molecule has 1 aromatic carbocycles. The van der Waals surface area contributed by atoms with E-state index in [2.05, 4.69) is 48.3 Å². The van der Waals surface area contributed by atoms with Crippen molar-refractivity contribution in [2.24, 2.45) is 0 Å². The fourth-order valence-corrected chi connectivity index (χ4v) is 3.00. The molecule has 2 rings (SSSR count). The van der Waals surface area contributed by atoms with Gasteiger partial charge in [-0.2, -0.15) is 0 Å². The van der Waals surface area contributed by atoms with Crippen LogP contribution in [0.1, 0.15) is 50.3 Å². The monoisotopic (exact) mass is 290 g/mol. The van der Waals surface area contributed by atoms with Crippen LogP contribution in [0.25, 0.3) is 0 Å². The minimum Gasteiger partial charge on any atom is -0.390 e. The highest BCUT2D eigenvalue weighted by molar-refractivity contribution is 5.24. The molecule has 0 amide bonds. The fourth-order valence-electron chi connectivity index (χ4n) is 3.00. The van der Waals surface area contributed by atoms with Gasteiger partial charge < -0.3 is 15.3 Å². The highest BCUT2D eigenvalue weighted by Gasteiger charge is 2.27. The van der Waals surface area contributed by atoms with E-state index in [4.69, 9.17) is 0 Å². The molecule has 3 nitrogen and oxygen atoms in total. The summed E-state index contributed by atoms with van der Waals surface area (Å²) in [6.45, 7) is 10.4. The van der Waals surface area contributed by atoms with Crippen LogP contribution in [0.3, 0.4) is 0 Å². The van der Waals surface area contributed by atoms with Crippen molar-refractivity contribution >= 4 is 0 Å². The number of benzene rings is 1. The van der Waals surface area contributed by atoms with E-state index in [9.17, 15) is 5.11 Å². The number of likely N-dealkylation sites (tertiary alicyclic amines) is 1. The molecule has 0 saturated carbocycles. The van der Waals surface area contributed by atoms with Crippen LogP contribution < -0.4 is 5.32 Å². The van der Waals surface area contributed by atoms with E-state index in [0.29, 0.717) is 6.04 Å². The Labute approximate surface area is 129 Å². The molecule has 1 aliphatic rings. The van der Waals surface area contributed by atoms with Crippen LogP contribution in [0.4, 0.5) is 0 Å². The highest BCUT2D eigenvalue weighted by atomic mass is 16.3. The Morgan fingerprint density at radius 3 is 2.43 bits per heavy atom. The Hall–Kier alpha value is -0.900. The lowest BCUT2D eigenvalue weighted by molar-refractivity contribution is -0.00596. The van der Waals surface area contributed by atoms with Crippen LogP contribution in [0.15, 0.2) is 24.3 Å². The first-order chi connectivity index (χ1) is 10.00. The van der Waals surface area contributed by atoms with Gasteiger partial charge in [-0.25, -0.2) is 0 Å². The molecule has 1 aromatic rings. The van der Waals surface area contributed by atoms with E-state index in [-0.39, 0.29) is 0 Å². The lowest BCUT2D eigenvalue weighted by Crippen LogP contribution is -2.43. The summed E-state index contributed by atoms with van der Waals surface area (Å²) in [4.78, 5) is 2.48. The van der Waals surface area contributed by atoms with Gasteiger partial charge in [-0.15, -0.1) is 0 Å². The van der Waals surface area contributed by atoms with Gasteiger partial charge in [-0.05, 0) is 51.8 Å². The largest absolute Gasteiger partial charge is 0.390 e. The van der Waals surface area contributed by atoms with Gasteiger partial charge in [0.15, 0.2) is 0 Å². The highest BCUT2D eigenvalue weighted by Crippen LogP contribution is 2.23. The molecular weight excluding hydrogens is 260 g/mol. The van der Waals surface area contributed by atoms with Crippen LogP contribution in [-0.4, -0.2) is 41.8 Å². The van der Waals surface area contributed by atoms with Crippen LogP contribution in [0, 0.1) is 6.92 Å². The number of hydrogen-bond acceptors (Lipinski definition) is 3. The van der Waals surface area contributed by atoms with E-state index in [1.165, 1.54) is 11.1 Å². The lowest BCUT2D eigenvalue weighted by Gasteiger charge is -2.36. The predicted molar refractivity (Wildman–Crippen MR) is 88.5 cm³/mol. The predicted octanol–water partition coefficient (Wildman–Crippen LogP) is 2.88. The Morgan fingerprint density at radius 1 is 1.24 bits per heavy atom. The molecule has 1 fully saturated rings. The van der Waals surface area contributed by atoms with Crippen molar-refractivity contribution in [2.75, 3.05) is 26.2 Å². The molecule has 1 aliphatic heterocycles. The second-order valence-electron chi connectivity index (χ2n) is 6.65. The summed E-state index contributed by atoms with van der Waals surface area (Å²) >= 11 is 0. The molecule has 0 bridgehead atoms. The van der Waals surface area contributed by atoms with Crippen LogP contribution >= 0.6 is 0 Å². The van der Waals surface area contributed by atoms with Crippen molar-refractivity contribution in [3.05, 3.63) is 35.4 Å². The molecular formula is C18H30N2O. The number of nitrogens with one attached hydrogen (secondary N) is 1. The third kappa shape index (κ3) is 5.10. The average Bonchev–Trinajstić information content (AvgIpc) is 2.46. The number of aliphatic hydroxyl groups is 1. The summed E-state index contributed by atoms with van der Waals surface area (Å²) < 4.78 is 0. The minimum atomic E-state index is -0.450. The van der Waals surface area contributed by atoms with E-state index in [1.807, 2.05) is 6.92 Å². The van der Waals surface area contributed by atoms with Crippen molar-refractivity contribution in [3.63, 3.8) is 0 Å². The Bertz CT molecular complexity index is 417. The summed E-state index contributed by atoms with van der Waals surface area (Å²) in [5, 5.41) is 13.6. The number of piperidine rings is 1. The van der Waals surface area contributed by atoms with Crippen molar-refractivity contribution in [2.45, 2.75) is 51.7 Å². The molecule has 0 aliphatic carbocycles. The fraction of sp³-hybridized carbons (Fsp3) is 0.667.